The van der Waals surface area contributed by atoms with Crippen LogP contribution in [0.25, 0.3) is 122 Å². The maximum atomic E-state index is 5.45. The molecule has 4 nitrogen and oxygen atoms in total. The fraction of sp³-hybridized carbons (Fsp3) is 0.0137. The molecule has 0 N–H and O–H groups in total. The van der Waals surface area contributed by atoms with E-state index in [-0.39, 0.29) is 0 Å². The van der Waals surface area contributed by atoms with Gasteiger partial charge in [-0.3, -0.25) is 9.97 Å². The Morgan fingerprint density at radius 3 is 1.03 bits per heavy atom. The lowest BCUT2D eigenvalue weighted by Gasteiger charge is -2.34. The summed E-state index contributed by atoms with van der Waals surface area (Å²) in [5, 5.41) is 4.28. The van der Waals surface area contributed by atoms with Gasteiger partial charge in [-0.1, -0.05) is 231 Å². The molecule has 14 aromatic rings. The molecular formula is C73H46N4. The Hall–Kier alpha value is -10.2. The minimum atomic E-state index is -0.740. The third-order valence-corrected chi connectivity index (χ3v) is 15.9. The van der Waals surface area contributed by atoms with Crippen LogP contribution in [0.15, 0.2) is 279 Å². The Morgan fingerprint density at radius 2 is 0.623 bits per heavy atom. The maximum Gasteiger partial charge on any atom is 0.0978 e. The van der Waals surface area contributed by atoms with Gasteiger partial charge in [-0.15, -0.1) is 0 Å². The minimum absolute atomic E-state index is 0.740. The molecule has 0 spiro atoms. The van der Waals surface area contributed by atoms with Crippen LogP contribution >= 0.6 is 0 Å². The van der Waals surface area contributed by atoms with Gasteiger partial charge < -0.3 is 0 Å². The molecule has 0 amide bonds. The van der Waals surface area contributed by atoms with E-state index in [0.717, 1.165) is 99.5 Å². The molecule has 15 rings (SSSR count). The van der Waals surface area contributed by atoms with E-state index in [4.69, 9.17) is 19.9 Å². The van der Waals surface area contributed by atoms with E-state index < -0.39 is 5.41 Å². The molecule has 0 aliphatic heterocycles. The van der Waals surface area contributed by atoms with Gasteiger partial charge in [-0.2, -0.15) is 0 Å². The van der Waals surface area contributed by atoms with E-state index in [1.807, 2.05) is 24.5 Å². The molecule has 358 valence electrons. The summed E-state index contributed by atoms with van der Waals surface area (Å²) in [5.74, 6) is 0. The van der Waals surface area contributed by atoms with Gasteiger partial charge in [0.15, 0.2) is 0 Å². The Kier molecular flexibility index (Phi) is 10.4. The zero-order valence-corrected chi connectivity index (χ0v) is 41.8. The van der Waals surface area contributed by atoms with E-state index in [9.17, 15) is 0 Å². The molecule has 4 heterocycles. The van der Waals surface area contributed by atoms with Crippen molar-refractivity contribution in [2.45, 2.75) is 5.41 Å². The van der Waals surface area contributed by atoms with E-state index in [1.165, 1.54) is 44.5 Å². The average Bonchev–Trinajstić information content (AvgIpc) is 4.05. The molecule has 4 aromatic heterocycles. The summed E-state index contributed by atoms with van der Waals surface area (Å²) < 4.78 is 0. The van der Waals surface area contributed by atoms with Crippen molar-refractivity contribution in [2.75, 3.05) is 0 Å². The van der Waals surface area contributed by atoms with Crippen molar-refractivity contribution in [3.63, 3.8) is 0 Å². The molecule has 10 aromatic carbocycles. The van der Waals surface area contributed by atoms with Gasteiger partial charge in [0.05, 0.1) is 38.9 Å². The Morgan fingerprint density at radius 1 is 0.247 bits per heavy atom. The predicted molar refractivity (Wildman–Crippen MR) is 318 cm³/mol. The monoisotopic (exact) mass is 978 g/mol. The van der Waals surface area contributed by atoms with Crippen LogP contribution in [0.4, 0.5) is 0 Å². The largest absolute Gasteiger partial charge is 0.254 e. The number of benzene rings is 10. The molecule has 0 atom stereocenters. The zero-order chi connectivity index (χ0) is 50.9. The number of hydrogen-bond donors (Lipinski definition) is 0. The Labute approximate surface area is 446 Å². The van der Waals surface area contributed by atoms with Gasteiger partial charge in [0.1, 0.15) is 0 Å². The van der Waals surface area contributed by atoms with Crippen LogP contribution in [0.2, 0.25) is 0 Å². The number of nitrogens with zero attached hydrogens (tertiary/aromatic N) is 4. The number of fused-ring (bicyclic) bond motifs is 9. The first-order valence-electron chi connectivity index (χ1n) is 26.3. The second kappa shape index (κ2) is 18.0. The summed E-state index contributed by atoms with van der Waals surface area (Å²) in [6, 6.07) is 96.8. The highest BCUT2D eigenvalue weighted by Crippen LogP contribution is 2.58. The normalized spacial score (nSPS) is 12.5. The number of rotatable bonds is 8. The molecule has 4 heteroatoms. The van der Waals surface area contributed by atoms with Gasteiger partial charge in [0, 0.05) is 45.1 Å². The molecule has 1 aliphatic rings. The quantitative estimate of drug-likeness (QED) is 0.142. The van der Waals surface area contributed by atoms with Gasteiger partial charge in [0.2, 0.25) is 0 Å². The molecule has 77 heavy (non-hydrogen) atoms. The highest BCUT2D eigenvalue weighted by atomic mass is 14.8. The Bertz CT molecular complexity index is 4280. The Balaban J connectivity index is 0.965. The zero-order valence-electron chi connectivity index (χ0n) is 41.8. The van der Waals surface area contributed by atoms with Crippen LogP contribution in [0.5, 0.6) is 0 Å². The molecule has 0 saturated carbocycles. The molecule has 0 radical (unpaired) electrons. The van der Waals surface area contributed by atoms with Crippen molar-refractivity contribution < 1.29 is 0 Å². The van der Waals surface area contributed by atoms with Gasteiger partial charge in [-0.25, -0.2) is 9.97 Å². The minimum Gasteiger partial charge on any atom is -0.254 e. The van der Waals surface area contributed by atoms with E-state index in [1.54, 1.807) is 0 Å². The fourth-order valence-electron chi connectivity index (χ4n) is 12.2. The summed E-state index contributed by atoms with van der Waals surface area (Å²) in [7, 11) is 0. The smallest absolute Gasteiger partial charge is 0.0978 e. The lowest BCUT2D eigenvalue weighted by atomic mass is 9.67. The maximum absolute atomic E-state index is 5.45. The van der Waals surface area contributed by atoms with Gasteiger partial charge in [0.25, 0.3) is 0 Å². The van der Waals surface area contributed by atoms with E-state index in [0.29, 0.717) is 0 Å². The molecule has 0 saturated heterocycles. The summed E-state index contributed by atoms with van der Waals surface area (Å²) in [4.78, 5) is 20.7. The second-order valence-electron chi connectivity index (χ2n) is 20.1. The highest BCUT2D eigenvalue weighted by molar-refractivity contribution is 6.10. The van der Waals surface area contributed by atoms with Crippen LogP contribution in [-0.4, -0.2) is 19.9 Å². The van der Waals surface area contributed by atoms with Crippen LogP contribution < -0.4 is 0 Å². The standard InChI is InChI=1S/C73H46N4/c1-5-15-47(16-6-1)55-31-37-59-60-38-32-56(48-17-7-2-8-18-48)44-66(60)73(65(59)43-55,57-33-25-51(26-34-57)67-45-63(49-19-9-3-10-20-49)61-39-29-53-23-13-41-74-69(53)71(61)76-67)58-35-27-52(28-36-58)68-46-64(50-21-11-4-12-22-50)62-40-30-54-24-14-42-75-70(54)72(62)77-68/h1-46H. The molecule has 0 unspecified atom stereocenters. The third kappa shape index (κ3) is 7.29. The van der Waals surface area contributed by atoms with Gasteiger partial charge >= 0.3 is 0 Å². The molecular weight excluding hydrogens is 933 g/mol. The summed E-state index contributed by atoms with van der Waals surface area (Å²) >= 11 is 0. The predicted octanol–water partition coefficient (Wildman–Crippen LogP) is 18.2. The van der Waals surface area contributed by atoms with Crippen molar-refractivity contribution in [2.24, 2.45) is 0 Å². The van der Waals surface area contributed by atoms with Crippen LogP contribution in [0, 0.1) is 0 Å². The van der Waals surface area contributed by atoms with Crippen molar-refractivity contribution in [3.05, 3.63) is 302 Å². The second-order valence-corrected chi connectivity index (χ2v) is 20.1. The first kappa shape index (κ1) is 44.3. The lowest BCUT2D eigenvalue weighted by molar-refractivity contribution is 0.769. The fourth-order valence-corrected chi connectivity index (χ4v) is 12.2. The van der Waals surface area contributed by atoms with Crippen LogP contribution in [0.1, 0.15) is 22.3 Å². The first-order valence-corrected chi connectivity index (χ1v) is 26.3. The third-order valence-electron chi connectivity index (χ3n) is 15.9. The topological polar surface area (TPSA) is 51.6 Å². The van der Waals surface area contributed by atoms with Crippen molar-refractivity contribution in [3.8, 4) is 78.1 Å². The summed E-state index contributed by atoms with van der Waals surface area (Å²) in [6.07, 6.45) is 3.73. The number of pyridine rings is 4. The summed E-state index contributed by atoms with van der Waals surface area (Å²) in [5.41, 5.74) is 23.1. The van der Waals surface area contributed by atoms with Crippen LogP contribution in [-0.2, 0) is 5.41 Å². The summed E-state index contributed by atoms with van der Waals surface area (Å²) in [6.45, 7) is 0. The van der Waals surface area contributed by atoms with Crippen molar-refractivity contribution >= 4 is 43.6 Å². The number of hydrogen-bond acceptors (Lipinski definition) is 4. The molecule has 0 bridgehead atoms. The van der Waals surface area contributed by atoms with E-state index >= 15 is 0 Å². The first-order chi connectivity index (χ1) is 38.2. The number of aromatic nitrogens is 4. The van der Waals surface area contributed by atoms with Crippen LogP contribution in [0.3, 0.4) is 0 Å². The highest BCUT2D eigenvalue weighted by Gasteiger charge is 2.46. The van der Waals surface area contributed by atoms with Crippen molar-refractivity contribution in [1.29, 1.82) is 0 Å². The molecule has 0 fully saturated rings. The van der Waals surface area contributed by atoms with Gasteiger partial charge in [-0.05, 0) is 114 Å². The lowest BCUT2D eigenvalue weighted by Crippen LogP contribution is -2.28. The SMILES string of the molecule is c1ccc(-c2ccc3c(c2)C(c2ccc(-c4cc(-c5ccccc5)c5ccc6cccnc6c5n4)cc2)(c2ccc(-c4cc(-c5ccccc5)c5ccc6cccnc6c5n4)cc2)c2cc(-c4ccccc4)ccc2-3)cc1. The van der Waals surface area contributed by atoms with E-state index in [2.05, 4.69) is 255 Å². The molecule has 1 aliphatic carbocycles. The average molecular weight is 979 g/mol. The van der Waals surface area contributed by atoms with Crippen molar-refractivity contribution in [1.82, 2.24) is 19.9 Å².